The lowest BCUT2D eigenvalue weighted by Gasteiger charge is -2.43. The number of nitrogens with two attached hydrogens (primary N) is 1. The van der Waals surface area contributed by atoms with Crippen LogP contribution in [0.2, 0.25) is 0 Å². The Bertz CT molecular complexity index is 504. The van der Waals surface area contributed by atoms with Crippen molar-refractivity contribution in [2.24, 2.45) is 11.7 Å². The Hall–Kier alpha value is -0.560. The van der Waals surface area contributed by atoms with Gasteiger partial charge in [0.25, 0.3) is 0 Å². The van der Waals surface area contributed by atoms with Gasteiger partial charge in [0, 0.05) is 44.8 Å². The molecule has 158 valence electrons. The molecule has 0 bridgehead atoms. The number of halogens is 2. The van der Waals surface area contributed by atoms with Crippen LogP contribution in [-0.2, 0) is 9.59 Å². The first-order valence-corrected chi connectivity index (χ1v) is 10.0. The molecule has 2 amide bonds. The van der Waals surface area contributed by atoms with E-state index < -0.39 is 0 Å². The quantitative estimate of drug-likeness (QED) is 0.753. The minimum atomic E-state index is -0.370. The van der Waals surface area contributed by atoms with Crippen molar-refractivity contribution in [2.75, 3.05) is 39.3 Å². The molecular weight excluding hydrogens is 387 g/mol. The maximum atomic E-state index is 12.9. The fourth-order valence-electron chi connectivity index (χ4n) is 4.67. The molecule has 3 fully saturated rings. The van der Waals surface area contributed by atoms with Crippen molar-refractivity contribution in [1.82, 2.24) is 14.7 Å². The van der Waals surface area contributed by atoms with Crippen molar-refractivity contribution < 1.29 is 9.59 Å². The first kappa shape index (κ1) is 24.5. The topological polar surface area (TPSA) is 69.9 Å². The van der Waals surface area contributed by atoms with E-state index in [1.165, 1.54) is 0 Å². The van der Waals surface area contributed by atoms with Gasteiger partial charge in [0.1, 0.15) is 0 Å². The number of piperazine rings is 1. The van der Waals surface area contributed by atoms with Crippen LogP contribution in [0.5, 0.6) is 0 Å². The van der Waals surface area contributed by atoms with Crippen molar-refractivity contribution >= 4 is 36.6 Å². The van der Waals surface area contributed by atoms with Crippen molar-refractivity contribution in [2.45, 2.75) is 64.0 Å². The molecular formula is C19H36Cl2N4O2. The molecule has 3 atom stereocenters. The van der Waals surface area contributed by atoms with Crippen LogP contribution >= 0.6 is 24.8 Å². The number of amides is 2. The van der Waals surface area contributed by atoms with Crippen molar-refractivity contribution in [3.8, 4) is 0 Å². The van der Waals surface area contributed by atoms with Gasteiger partial charge in [-0.3, -0.25) is 14.5 Å². The summed E-state index contributed by atoms with van der Waals surface area (Å²) in [4.78, 5) is 31.7. The van der Waals surface area contributed by atoms with Gasteiger partial charge in [-0.2, -0.15) is 0 Å². The molecule has 6 nitrogen and oxygen atoms in total. The number of rotatable bonds is 3. The number of hydrogen-bond acceptors (Lipinski definition) is 4. The zero-order valence-corrected chi connectivity index (χ0v) is 18.3. The van der Waals surface area contributed by atoms with E-state index >= 15 is 0 Å². The second-order valence-corrected chi connectivity index (χ2v) is 8.37. The zero-order chi connectivity index (χ0) is 18.0. The lowest BCUT2D eigenvalue weighted by atomic mass is 9.74. The third-order valence-corrected chi connectivity index (χ3v) is 6.50. The van der Waals surface area contributed by atoms with Crippen LogP contribution in [0.1, 0.15) is 52.4 Å². The molecule has 2 heterocycles. The minimum Gasteiger partial charge on any atom is -0.341 e. The maximum Gasteiger partial charge on any atom is 0.239 e. The molecule has 8 heteroatoms. The van der Waals surface area contributed by atoms with Crippen LogP contribution in [0, 0.1) is 5.92 Å². The van der Waals surface area contributed by atoms with Crippen LogP contribution in [0.25, 0.3) is 0 Å². The van der Waals surface area contributed by atoms with Gasteiger partial charge in [-0.1, -0.05) is 12.8 Å². The van der Waals surface area contributed by atoms with Gasteiger partial charge in [-0.25, -0.2) is 0 Å². The summed E-state index contributed by atoms with van der Waals surface area (Å²) in [5, 5.41) is 0. The molecule has 2 N–H and O–H groups in total. The molecule has 0 radical (unpaired) electrons. The van der Waals surface area contributed by atoms with Gasteiger partial charge in [0.05, 0.1) is 12.0 Å². The smallest absolute Gasteiger partial charge is 0.239 e. The Labute approximate surface area is 176 Å². The SMILES string of the molecule is CC(C(=O)N1CCCC1)N1CCN(C(=O)C2CCCCC2(C)N)CC1.Cl.Cl. The van der Waals surface area contributed by atoms with Gasteiger partial charge < -0.3 is 15.5 Å². The third kappa shape index (κ3) is 5.49. The number of likely N-dealkylation sites (tertiary alicyclic amines) is 1. The van der Waals surface area contributed by atoms with E-state index in [1.807, 2.05) is 23.6 Å². The second-order valence-electron chi connectivity index (χ2n) is 8.37. The molecule has 2 saturated heterocycles. The van der Waals surface area contributed by atoms with Gasteiger partial charge in [0.15, 0.2) is 0 Å². The molecule has 3 aliphatic rings. The Kier molecular flexibility index (Phi) is 9.32. The summed E-state index contributed by atoms with van der Waals surface area (Å²) in [6.45, 7) is 8.82. The Morgan fingerprint density at radius 1 is 0.926 bits per heavy atom. The number of carbonyl (C=O) groups is 2. The number of nitrogens with zero attached hydrogens (tertiary/aromatic N) is 3. The molecule has 1 saturated carbocycles. The lowest BCUT2D eigenvalue weighted by molar-refractivity contribution is -0.142. The highest BCUT2D eigenvalue weighted by molar-refractivity contribution is 5.85. The second kappa shape index (κ2) is 10.3. The average molecular weight is 423 g/mol. The van der Waals surface area contributed by atoms with Gasteiger partial charge in [0.2, 0.25) is 11.8 Å². The van der Waals surface area contributed by atoms with Crippen molar-refractivity contribution in [3.63, 3.8) is 0 Å². The Morgan fingerprint density at radius 3 is 2.07 bits per heavy atom. The van der Waals surface area contributed by atoms with E-state index in [2.05, 4.69) is 4.90 Å². The zero-order valence-electron chi connectivity index (χ0n) is 16.7. The van der Waals surface area contributed by atoms with E-state index in [-0.39, 0.29) is 54.1 Å². The van der Waals surface area contributed by atoms with Crippen molar-refractivity contribution in [1.29, 1.82) is 0 Å². The average Bonchev–Trinajstić information content (AvgIpc) is 3.14. The summed E-state index contributed by atoms with van der Waals surface area (Å²) in [7, 11) is 0. The first-order valence-electron chi connectivity index (χ1n) is 10.0. The molecule has 0 spiro atoms. The summed E-state index contributed by atoms with van der Waals surface area (Å²) in [6, 6.07) is -0.0789. The minimum absolute atomic E-state index is 0. The molecule has 0 aromatic rings. The molecule has 0 aromatic heterocycles. The van der Waals surface area contributed by atoms with Gasteiger partial charge in [-0.05, 0) is 39.5 Å². The van der Waals surface area contributed by atoms with E-state index in [0.29, 0.717) is 13.1 Å². The van der Waals surface area contributed by atoms with E-state index in [0.717, 1.165) is 64.7 Å². The molecule has 0 aromatic carbocycles. The van der Waals surface area contributed by atoms with Crippen molar-refractivity contribution in [3.05, 3.63) is 0 Å². The van der Waals surface area contributed by atoms with E-state index in [4.69, 9.17) is 5.73 Å². The molecule has 3 unspecified atom stereocenters. The highest BCUT2D eigenvalue weighted by atomic mass is 35.5. The molecule has 3 rings (SSSR count). The lowest BCUT2D eigenvalue weighted by Crippen LogP contribution is -2.59. The molecule has 2 aliphatic heterocycles. The maximum absolute atomic E-state index is 12.9. The molecule has 27 heavy (non-hydrogen) atoms. The van der Waals surface area contributed by atoms with Crippen LogP contribution in [0.4, 0.5) is 0 Å². The standard InChI is InChI=1S/C19H34N4O2.2ClH/c1-15(17(24)22-9-5-6-10-22)21-11-13-23(14-12-21)18(25)16-7-3-4-8-19(16,2)20;;/h15-16H,3-14,20H2,1-2H3;2*1H. The fraction of sp³-hybridized carbons (Fsp3) is 0.895. The highest BCUT2D eigenvalue weighted by Gasteiger charge is 2.41. The number of hydrogen-bond donors (Lipinski definition) is 1. The van der Waals surface area contributed by atoms with E-state index in [1.54, 1.807) is 0 Å². The molecule has 1 aliphatic carbocycles. The van der Waals surface area contributed by atoms with E-state index in [9.17, 15) is 9.59 Å². The fourth-order valence-corrected chi connectivity index (χ4v) is 4.67. The summed E-state index contributed by atoms with van der Waals surface area (Å²) < 4.78 is 0. The summed E-state index contributed by atoms with van der Waals surface area (Å²) in [5.41, 5.74) is 6.04. The Morgan fingerprint density at radius 2 is 1.52 bits per heavy atom. The first-order chi connectivity index (χ1) is 11.9. The third-order valence-electron chi connectivity index (χ3n) is 6.50. The van der Waals surface area contributed by atoms with Crippen LogP contribution in [0.3, 0.4) is 0 Å². The van der Waals surface area contributed by atoms with Crippen LogP contribution in [-0.4, -0.2) is 77.4 Å². The normalized spacial score (nSPS) is 30.3. The predicted molar refractivity (Wildman–Crippen MR) is 112 cm³/mol. The van der Waals surface area contributed by atoms with Crippen LogP contribution in [0.15, 0.2) is 0 Å². The predicted octanol–water partition coefficient (Wildman–Crippen LogP) is 1.89. The van der Waals surface area contributed by atoms with Crippen LogP contribution < -0.4 is 5.73 Å². The summed E-state index contributed by atoms with van der Waals surface area (Å²) in [6.07, 6.45) is 6.33. The number of carbonyl (C=O) groups excluding carboxylic acids is 2. The summed E-state index contributed by atoms with van der Waals surface area (Å²) >= 11 is 0. The highest BCUT2D eigenvalue weighted by Crippen LogP contribution is 2.33. The van der Waals surface area contributed by atoms with Gasteiger partial charge in [-0.15, -0.1) is 24.8 Å². The Balaban J connectivity index is 0.00000182. The monoisotopic (exact) mass is 422 g/mol. The summed E-state index contributed by atoms with van der Waals surface area (Å²) in [5.74, 6) is 0.429. The van der Waals surface area contributed by atoms with Gasteiger partial charge >= 0.3 is 0 Å². The largest absolute Gasteiger partial charge is 0.341 e.